The minimum absolute atomic E-state index is 0.0438. The summed E-state index contributed by atoms with van der Waals surface area (Å²) in [6, 6.07) is 0.0438. The van der Waals surface area contributed by atoms with Gasteiger partial charge in [0.25, 0.3) is 0 Å². The molecule has 6 heteroatoms. The van der Waals surface area contributed by atoms with Crippen molar-refractivity contribution in [3.8, 4) is 0 Å². The summed E-state index contributed by atoms with van der Waals surface area (Å²) in [7, 11) is 0. The molecule has 0 aliphatic heterocycles. The van der Waals surface area contributed by atoms with Gasteiger partial charge in [0, 0.05) is 12.4 Å². The topological polar surface area (TPSA) is 69.9 Å². The van der Waals surface area contributed by atoms with Crippen molar-refractivity contribution in [1.29, 1.82) is 0 Å². The second-order valence-corrected chi connectivity index (χ2v) is 4.81. The van der Waals surface area contributed by atoms with Gasteiger partial charge in [-0.1, -0.05) is 6.92 Å². The van der Waals surface area contributed by atoms with Crippen molar-refractivity contribution in [3.05, 3.63) is 55.4 Å². The summed E-state index contributed by atoms with van der Waals surface area (Å²) in [6.45, 7) is 4.13. The molecule has 0 saturated carbocycles. The average Bonchev–Trinajstić information content (AvgIpc) is 3.21. The number of nitrogens with zero attached hydrogens (tertiary/aromatic N) is 4. The molecule has 3 heterocycles. The zero-order chi connectivity index (χ0) is 14.0. The van der Waals surface area contributed by atoms with Crippen LogP contribution in [0.25, 0.3) is 0 Å². The van der Waals surface area contributed by atoms with Crippen LogP contribution >= 0.6 is 0 Å². The van der Waals surface area contributed by atoms with Crippen LogP contribution in [-0.4, -0.2) is 19.5 Å². The molecule has 0 spiro atoms. The molecular weight excluding hydrogens is 256 g/mol. The molecule has 0 amide bonds. The lowest BCUT2D eigenvalue weighted by atomic mass is 9.80. The van der Waals surface area contributed by atoms with E-state index >= 15 is 0 Å². The number of rotatable bonds is 5. The highest BCUT2D eigenvalue weighted by molar-refractivity contribution is 5.20. The minimum atomic E-state index is -0.595. The Kier molecular flexibility index (Phi) is 3.14. The number of aromatic nitrogens is 4. The third-order valence-corrected chi connectivity index (χ3v) is 3.69. The molecule has 3 aromatic rings. The Morgan fingerprint density at radius 2 is 1.80 bits per heavy atom. The first-order valence-electron chi connectivity index (χ1n) is 6.54. The van der Waals surface area contributed by atoms with Gasteiger partial charge in [0.05, 0.1) is 24.8 Å². The van der Waals surface area contributed by atoms with Crippen molar-refractivity contribution in [2.24, 2.45) is 0 Å². The standard InChI is InChI=1S/C14H16N4O2/c1-3-11(18-7-4-15-10-18)14(2,12-16-5-8-19-12)13-17-6-9-20-13/h4-11H,3H2,1-2H3. The first-order valence-corrected chi connectivity index (χ1v) is 6.54. The predicted molar refractivity (Wildman–Crippen MR) is 71.0 cm³/mol. The lowest BCUT2D eigenvalue weighted by Crippen LogP contribution is -2.35. The van der Waals surface area contributed by atoms with Crippen LogP contribution in [0.3, 0.4) is 0 Å². The van der Waals surface area contributed by atoms with E-state index in [9.17, 15) is 0 Å². The molecule has 104 valence electrons. The Morgan fingerprint density at radius 1 is 1.15 bits per heavy atom. The molecule has 3 rings (SSSR count). The Morgan fingerprint density at radius 3 is 2.20 bits per heavy atom. The molecule has 0 aliphatic carbocycles. The third kappa shape index (κ3) is 1.84. The van der Waals surface area contributed by atoms with Gasteiger partial charge < -0.3 is 13.4 Å². The molecule has 0 aliphatic rings. The van der Waals surface area contributed by atoms with Crippen molar-refractivity contribution in [2.45, 2.75) is 31.7 Å². The number of oxazole rings is 2. The molecule has 0 N–H and O–H groups in total. The first-order chi connectivity index (χ1) is 9.76. The van der Waals surface area contributed by atoms with Crippen LogP contribution in [-0.2, 0) is 5.41 Å². The van der Waals surface area contributed by atoms with Crippen molar-refractivity contribution < 1.29 is 8.83 Å². The van der Waals surface area contributed by atoms with Crippen molar-refractivity contribution in [3.63, 3.8) is 0 Å². The van der Waals surface area contributed by atoms with Gasteiger partial charge >= 0.3 is 0 Å². The van der Waals surface area contributed by atoms with Gasteiger partial charge in [0.2, 0.25) is 11.8 Å². The minimum Gasteiger partial charge on any atom is -0.448 e. The van der Waals surface area contributed by atoms with Crippen LogP contribution in [0.1, 0.15) is 38.1 Å². The molecule has 1 unspecified atom stereocenters. The van der Waals surface area contributed by atoms with Crippen LogP contribution in [0.4, 0.5) is 0 Å². The van der Waals surface area contributed by atoms with Crippen LogP contribution < -0.4 is 0 Å². The second kappa shape index (κ2) is 4.96. The molecule has 0 fully saturated rings. The number of imidazole rings is 1. The van der Waals surface area contributed by atoms with Crippen LogP contribution in [0.15, 0.2) is 52.5 Å². The summed E-state index contributed by atoms with van der Waals surface area (Å²) in [5.74, 6) is 1.17. The summed E-state index contributed by atoms with van der Waals surface area (Å²) in [6.07, 6.45) is 12.7. The molecule has 0 radical (unpaired) electrons. The Balaban J connectivity index is 2.15. The SMILES string of the molecule is CCC(n1ccnc1)C(C)(c1ncco1)c1ncco1. The average molecular weight is 272 g/mol. The molecule has 0 bridgehead atoms. The summed E-state index contributed by atoms with van der Waals surface area (Å²) < 4.78 is 13.2. The van der Waals surface area contributed by atoms with Gasteiger partial charge in [-0.05, 0) is 13.3 Å². The number of hydrogen-bond donors (Lipinski definition) is 0. The maximum atomic E-state index is 5.56. The van der Waals surface area contributed by atoms with E-state index in [0.717, 1.165) is 6.42 Å². The fourth-order valence-corrected chi connectivity index (χ4v) is 2.71. The smallest absolute Gasteiger partial charge is 0.211 e. The Labute approximate surface area is 116 Å². The van der Waals surface area contributed by atoms with Crippen molar-refractivity contribution in [1.82, 2.24) is 19.5 Å². The summed E-state index contributed by atoms with van der Waals surface area (Å²) in [5.41, 5.74) is -0.595. The quantitative estimate of drug-likeness (QED) is 0.714. The molecular formula is C14H16N4O2. The maximum Gasteiger partial charge on any atom is 0.211 e. The van der Waals surface area contributed by atoms with Gasteiger partial charge in [0.1, 0.15) is 17.9 Å². The van der Waals surface area contributed by atoms with Crippen LogP contribution in [0, 0.1) is 0 Å². The van der Waals surface area contributed by atoms with Crippen molar-refractivity contribution >= 4 is 0 Å². The molecule has 0 saturated heterocycles. The molecule has 6 nitrogen and oxygen atoms in total. The zero-order valence-electron chi connectivity index (χ0n) is 11.4. The maximum absolute atomic E-state index is 5.56. The first kappa shape index (κ1) is 12.7. The fraction of sp³-hybridized carbons (Fsp3) is 0.357. The van der Waals surface area contributed by atoms with Crippen molar-refractivity contribution in [2.75, 3.05) is 0 Å². The van der Waals surface area contributed by atoms with E-state index in [1.165, 1.54) is 0 Å². The van der Waals surface area contributed by atoms with E-state index in [-0.39, 0.29) is 6.04 Å². The highest BCUT2D eigenvalue weighted by atomic mass is 16.4. The van der Waals surface area contributed by atoms with Gasteiger partial charge in [-0.3, -0.25) is 0 Å². The Hall–Kier alpha value is -2.37. The Bertz CT molecular complexity index is 595. The lowest BCUT2D eigenvalue weighted by Gasteiger charge is -2.32. The largest absolute Gasteiger partial charge is 0.448 e. The monoisotopic (exact) mass is 272 g/mol. The van der Waals surface area contributed by atoms with E-state index in [2.05, 4.69) is 21.9 Å². The number of hydrogen-bond acceptors (Lipinski definition) is 5. The van der Waals surface area contributed by atoms with E-state index in [0.29, 0.717) is 11.8 Å². The van der Waals surface area contributed by atoms with Gasteiger partial charge in [-0.2, -0.15) is 0 Å². The molecule has 3 aromatic heterocycles. The summed E-state index contributed by atoms with van der Waals surface area (Å²) >= 11 is 0. The highest BCUT2D eigenvalue weighted by Gasteiger charge is 2.45. The zero-order valence-corrected chi connectivity index (χ0v) is 11.4. The summed E-state index contributed by atoms with van der Waals surface area (Å²) in [4.78, 5) is 12.8. The van der Waals surface area contributed by atoms with Gasteiger partial charge in [-0.15, -0.1) is 0 Å². The normalized spacial score (nSPS) is 13.5. The van der Waals surface area contributed by atoms with Crippen LogP contribution in [0.5, 0.6) is 0 Å². The molecule has 0 aromatic carbocycles. The van der Waals surface area contributed by atoms with Gasteiger partial charge in [-0.25, -0.2) is 15.0 Å². The third-order valence-electron chi connectivity index (χ3n) is 3.69. The second-order valence-electron chi connectivity index (χ2n) is 4.81. The predicted octanol–water partition coefficient (Wildman–Crippen LogP) is 2.82. The summed E-state index contributed by atoms with van der Waals surface area (Å²) in [5, 5.41) is 0. The van der Waals surface area contributed by atoms with E-state index < -0.39 is 5.41 Å². The lowest BCUT2D eigenvalue weighted by molar-refractivity contribution is 0.226. The fourth-order valence-electron chi connectivity index (χ4n) is 2.71. The molecule has 20 heavy (non-hydrogen) atoms. The van der Waals surface area contributed by atoms with E-state index in [1.807, 2.05) is 17.7 Å². The highest BCUT2D eigenvalue weighted by Crippen LogP contribution is 2.41. The van der Waals surface area contributed by atoms with Gasteiger partial charge in [0.15, 0.2) is 0 Å². The molecule has 1 atom stereocenters. The van der Waals surface area contributed by atoms with Crippen LogP contribution in [0.2, 0.25) is 0 Å². The van der Waals surface area contributed by atoms with E-state index in [4.69, 9.17) is 8.83 Å². The van der Waals surface area contributed by atoms with E-state index in [1.54, 1.807) is 37.4 Å².